The fourth-order valence-electron chi connectivity index (χ4n) is 1.91. The summed E-state index contributed by atoms with van der Waals surface area (Å²) in [5.74, 6) is 0.0882. The molecule has 6 heteroatoms. The van der Waals surface area contributed by atoms with Crippen molar-refractivity contribution in [2.45, 2.75) is 52.6 Å². The van der Waals surface area contributed by atoms with E-state index >= 15 is 0 Å². The van der Waals surface area contributed by atoms with E-state index in [2.05, 4.69) is 24.2 Å². The highest BCUT2D eigenvalue weighted by Gasteiger charge is 2.14. The van der Waals surface area contributed by atoms with Gasteiger partial charge in [0.15, 0.2) is 0 Å². The van der Waals surface area contributed by atoms with Crippen molar-refractivity contribution in [3.63, 3.8) is 0 Å². The van der Waals surface area contributed by atoms with Crippen LogP contribution < -0.4 is 5.73 Å². The first kappa shape index (κ1) is 15.6. The predicted octanol–water partition coefficient (Wildman–Crippen LogP) is 1.34. The Morgan fingerprint density at radius 1 is 1.37 bits per heavy atom. The second-order valence-corrected chi connectivity index (χ2v) is 4.74. The smallest absolute Gasteiger partial charge is 0.244 e. The Bertz CT molecular complexity index is 384. The van der Waals surface area contributed by atoms with Gasteiger partial charge in [-0.3, -0.25) is 4.79 Å². The molecule has 1 amide bonds. The number of carbonyl (C=O) groups excluding carboxylic acids is 1. The average molecular weight is 267 g/mol. The summed E-state index contributed by atoms with van der Waals surface area (Å²) in [5.41, 5.74) is 6.63. The van der Waals surface area contributed by atoms with Crippen molar-refractivity contribution in [2.24, 2.45) is 5.73 Å². The second-order valence-electron chi connectivity index (χ2n) is 4.74. The van der Waals surface area contributed by atoms with Gasteiger partial charge in [-0.1, -0.05) is 26.0 Å². The molecule has 0 fully saturated rings. The van der Waals surface area contributed by atoms with Crippen molar-refractivity contribution < 1.29 is 4.79 Å². The largest absolute Gasteiger partial charge is 0.341 e. The van der Waals surface area contributed by atoms with Crippen molar-refractivity contribution in [1.82, 2.24) is 19.9 Å². The lowest BCUT2D eigenvalue weighted by molar-refractivity contribution is -0.132. The summed E-state index contributed by atoms with van der Waals surface area (Å²) in [6.45, 7) is 7.97. The minimum absolute atomic E-state index is 0.0882. The maximum atomic E-state index is 12.1. The standard InChI is InChI=1S/C13H25N5O/c1-4-7-17(8-5-2)13(19)10-18-9-12(15-16-18)11(14)6-3/h9,11H,4-8,10,14H2,1-3H3. The lowest BCUT2D eigenvalue weighted by Crippen LogP contribution is -2.35. The van der Waals surface area contributed by atoms with Crippen LogP contribution in [-0.2, 0) is 11.3 Å². The number of hydrogen-bond acceptors (Lipinski definition) is 4. The molecule has 19 heavy (non-hydrogen) atoms. The predicted molar refractivity (Wildman–Crippen MR) is 74.4 cm³/mol. The van der Waals surface area contributed by atoms with Gasteiger partial charge in [0.25, 0.3) is 0 Å². The van der Waals surface area contributed by atoms with Crippen molar-refractivity contribution in [2.75, 3.05) is 13.1 Å². The highest BCUT2D eigenvalue weighted by molar-refractivity contribution is 5.75. The van der Waals surface area contributed by atoms with E-state index in [0.29, 0.717) is 0 Å². The van der Waals surface area contributed by atoms with Gasteiger partial charge in [0.05, 0.1) is 17.9 Å². The Morgan fingerprint density at radius 2 is 2.00 bits per heavy atom. The molecular weight excluding hydrogens is 242 g/mol. The van der Waals surface area contributed by atoms with Gasteiger partial charge in [-0.05, 0) is 19.3 Å². The van der Waals surface area contributed by atoms with E-state index in [0.717, 1.165) is 38.0 Å². The first-order valence-electron chi connectivity index (χ1n) is 7.05. The quantitative estimate of drug-likeness (QED) is 0.771. The molecule has 1 atom stereocenters. The number of amides is 1. The van der Waals surface area contributed by atoms with Crippen molar-refractivity contribution in [3.05, 3.63) is 11.9 Å². The summed E-state index contributed by atoms with van der Waals surface area (Å²) >= 11 is 0. The van der Waals surface area contributed by atoms with Crippen LogP contribution in [-0.4, -0.2) is 38.9 Å². The van der Waals surface area contributed by atoms with Crippen molar-refractivity contribution in [3.8, 4) is 0 Å². The Hall–Kier alpha value is -1.43. The summed E-state index contributed by atoms with van der Waals surface area (Å²) in [7, 11) is 0. The molecule has 0 aliphatic rings. The summed E-state index contributed by atoms with van der Waals surface area (Å²) < 4.78 is 1.57. The Labute approximate surface area is 115 Å². The molecule has 0 aliphatic carbocycles. The molecule has 1 aromatic rings. The molecule has 1 rings (SSSR count). The van der Waals surface area contributed by atoms with Crippen LogP contribution in [0.2, 0.25) is 0 Å². The third-order valence-corrected chi connectivity index (χ3v) is 3.01. The summed E-state index contributed by atoms with van der Waals surface area (Å²) in [6, 6.07) is -0.105. The van der Waals surface area contributed by atoms with Crippen LogP contribution in [0.25, 0.3) is 0 Å². The number of rotatable bonds is 8. The molecule has 6 nitrogen and oxygen atoms in total. The summed E-state index contributed by atoms with van der Waals surface area (Å²) in [6.07, 6.45) is 4.51. The zero-order valence-electron chi connectivity index (χ0n) is 12.2. The molecule has 0 aromatic carbocycles. The van der Waals surface area contributed by atoms with E-state index in [1.165, 1.54) is 0 Å². The fourth-order valence-corrected chi connectivity index (χ4v) is 1.91. The van der Waals surface area contributed by atoms with Crippen LogP contribution in [0.15, 0.2) is 6.20 Å². The van der Waals surface area contributed by atoms with Crippen LogP contribution in [0.4, 0.5) is 0 Å². The van der Waals surface area contributed by atoms with Gasteiger partial charge in [-0.15, -0.1) is 5.10 Å². The SMILES string of the molecule is CCCN(CCC)C(=O)Cn1cc(C(N)CC)nn1. The Kier molecular flexibility index (Phi) is 6.49. The maximum absolute atomic E-state index is 12.1. The van der Waals surface area contributed by atoms with Gasteiger partial charge >= 0.3 is 0 Å². The first-order chi connectivity index (χ1) is 9.12. The van der Waals surface area contributed by atoms with Crippen LogP contribution in [0, 0.1) is 0 Å². The molecule has 0 saturated heterocycles. The number of carbonyl (C=O) groups is 1. The molecule has 0 radical (unpaired) electrons. The van der Waals surface area contributed by atoms with Crippen LogP contribution in [0.5, 0.6) is 0 Å². The number of aromatic nitrogens is 3. The van der Waals surface area contributed by atoms with Gasteiger partial charge < -0.3 is 10.6 Å². The maximum Gasteiger partial charge on any atom is 0.244 e. The summed E-state index contributed by atoms with van der Waals surface area (Å²) in [4.78, 5) is 14.0. The second kappa shape index (κ2) is 7.89. The monoisotopic (exact) mass is 267 g/mol. The molecule has 0 bridgehead atoms. The highest BCUT2D eigenvalue weighted by atomic mass is 16.2. The van der Waals surface area contributed by atoms with E-state index in [1.807, 2.05) is 11.8 Å². The Morgan fingerprint density at radius 3 is 2.53 bits per heavy atom. The topological polar surface area (TPSA) is 77.0 Å². The van der Waals surface area contributed by atoms with E-state index in [1.54, 1.807) is 10.9 Å². The van der Waals surface area contributed by atoms with Crippen molar-refractivity contribution in [1.29, 1.82) is 0 Å². The molecule has 2 N–H and O–H groups in total. The van der Waals surface area contributed by atoms with Crippen LogP contribution in [0.1, 0.15) is 51.8 Å². The van der Waals surface area contributed by atoms with Gasteiger partial charge in [-0.2, -0.15) is 0 Å². The zero-order chi connectivity index (χ0) is 14.3. The van der Waals surface area contributed by atoms with Gasteiger partial charge in [0.2, 0.25) is 5.91 Å². The van der Waals surface area contributed by atoms with E-state index in [4.69, 9.17) is 5.73 Å². The minimum Gasteiger partial charge on any atom is -0.341 e. The van der Waals surface area contributed by atoms with E-state index in [9.17, 15) is 4.79 Å². The van der Waals surface area contributed by atoms with Gasteiger partial charge in [-0.25, -0.2) is 4.68 Å². The van der Waals surface area contributed by atoms with E-state index in [-0.39, 0.29) is 18.5 Å². The summed E-state index contributed by atoms with van der Waals surface area (Å²) in [5, 5.41) is 7.98. The van der Waals surface area contributed by atoms with Crippen LogP contribution in [0.3, 0.4) is 0 Å². The molecule has 108 valence electrons. The number of nitrogens with zero attached hydrogens (tertiary/aromatic N) is 4. The molecule has 0 saturated carbocycles. The zero-order valence-corrected chi connectivity index (χ0v) is 12.2. The Balaban J connectivity index is 2.62. The molecule has 1 heterocycles. The lowest BCUT2D eigenvalue weighted by Gasteiger charge is -2.21. The van der Waals surface area contributed by atoms with Crippen LogP contribution >= 0.6 is 0 Å². The normalized spacial score (nSPS) is 12.4. The van der Waals surface area contributed by atoms with Crippen molar-refractivity contribution >= 4 is 5.91 Å². The van der Waals surface area contributed by atoms with E-state index < -0.39 is 0 Å². The lowest BCUT2D eigenvalue weighted by atomic mass is 10.2. The number of hydrogen-bond donors (Lipinski definition) is 1. The fraction of sp³-hybridized carbons (Fsp3) is 0.769. The molecule has 0 spiro atoms. The third-order valence-electron chi connectivity index (χ3n) is 3.01. The van der Waals surface area contributed by atoms with Gasteiger partial charge in [0, 0.05) is 13.1 Å². The minimum atomic E-state index is -0.105. The first-order valence-corrected chi connectivity index (χ1v) is 7.05. The highest BCUT2D eigenvalue weighted by Crippen LogP contribution is 2.09. The third kappa shape index (κ3) is 4.63. The molecular formula is C13H25N5O. The molecule has 1 unspecified atom stereocenters. The molecule has 1 aromatic heterocycles. The average Bonchev–Trinajstić information content (AvgIpc) is 2.86. The molecule has 0 aliphatic heterocycles. The van der Waals surface area contributed by atoms with Gasteiger partial charge in [0.1, 0.15) is 6.54 Å². The number of nitrogens with two attached hydrogens (primary N) is 1.